The van der Waals surface area contributed by atoms with Gasteiger partial charge in [-0.2, -0.15) is 0 Å². The summed E-state index contributed by atoms with van der Waals surface area (Å²) >= 11 is 0. The van der Waals surface area contributed by atoms with Gasteiger partial charge in [-0.15, -0.1) is 6.58 Å². The van der Waals surface area contributed by atoms with Gasteiger partial charge in [0, 0.05) is 0 Å². The second-order valence-corrected chi connectivity index (χ2v) is 4.53. The molecule has 1 unspecified atom stereocenters. The molecule has 0 aliphatic carbocycles. The van der Waals surface area contributed by atoms with E-state index < -0.39 is 5.60 Å². The first-order valence-corrected chi connectivity index (χ1v) is 5.38. The summed E-state index contributed by atoms with van der Waals surface area (Å²) < 4.78 is 5.03. The molecule has 1 saturated heterocycles. The summed E-state index contributed by atoms with van der Waals surface area (Å²) in [6.45, 7) is 11.7. The Kier molecular flexibility index (Phi) is 5.76. The van der Waals surface area contributed by atoms with E-state index in [-0.39, 0.29) is 11.8 Å². The highest BCUT2D eigenvalue weighted by atomic mass is 16.6. The van der Waals surface area contributed by atoms with Gasteiger partial charge in [-0.05, 0) is 26.2 Å². The Bertz CT molecular complexity index is 220. The molecule has 0 bridgehead atoms. The van der Waals surface area contributed by atoms with Gasteiger partial charge < -0.3 is 10.5 Å². The smallest absolute Gasteiger partial charge is 0.183 e. The van der Waals surface area contributed by atoms with Crippen LogP contribution in [0.4, 0.5) is 0 Å². The van der Waals surface area contributed by atoms with Gasteiger partial charge in [0.05, 0.1) is 12.6 Å². The molecular weight excluding hydrogens is 190 g/mol. The van der Waals surface area contributed by atoms with Crippen molar-refractivity contribution in [2.75, 3.05) is 6.61 Å². The molecule has 1 rings (SSSR count). The summed E-state index contributed by atoms with van der Waals surface area (Å²) in [4.78, 5) is 11.5. The van der Waals surface area contributed by atoms with Crippen LogP contribution in [0.15, 0.2) is 12.7 Å². The van der Waals surface area contributed by atoms with Gasteiger partial charge in [0.2, 0.25) is 0 Å². The van der Waals surface area contributed by atoms with E-state index in [1.807, 2.05) is 6.92 Å². The van der Waals surface area contributed by atoms with Gasteiger partial charge in [0.15, 0.2) is 5.78 Å². The first kappa shape index (κ1) is 14.3. The zero-order valence-corrected chi connectivity index (χ0v) is 10.2. The van der Waals surface area contributed by atoms with Crippen LogP contribution < -0.4 is 5.73 Å². The van der Waals surface area contributed by atoms with Crippen molar-refractivity contribution >= 4 is 5.78 Å². The fourth-order valence-electron chi connectivity index (χ4n) is 1.26. The number of nitrogens with two attached hydrogens (primary N) is 1. The van der Waals surface area contributed by atoms with Crippen LogP contribution in [0, 0.1) is 5.92 Å². The third kappa shape index (κ3) is 5.09. The number of carbonyl (C=O) groups excluding carboxylic acids is 1. The van der Waals surface area contributed by atoms with Gasteiger partial charge >= 0.3 is 0 Å². The predicted octanol–water partition coefficient (Wildman–Crippen LogP) is 1.91. The third-order valence-corrected chi connectivity index (χ3v) is 2.16. The fourth-order valence-corrected chi connectivity index (χ4v) is 1.26. The summed E-state index contributed by atoms with van der Waals surface area (Å²) in [5.74, 6) is 0.516. The largest absolute Gasteiger partial charge is 0.362 e. The molecule has 88 valence electrons. The summed E-state index contributed by atoms with van der Waals surface area (Å²) in [5, 5.41) is 0. The minimum absolute atomic E-state index is 0.0520. The highest BCUT2D eigenvalue weighted by molar-refractivity contribution is 5.93. The molecule has 3 heteroatoms. The van der Waals surface area contributed by atoms with Crippen molar-refractivity contribution in [2.24, 2.45) is 11.7 Å². The van der Waals surface area contributed by atoms with E-state index in [0.29, 0.717) is 12.5 Å². The minimum atomic E-state index is -0.547. The molecule has 0 aromatic heterocycles. The number of rotatable bonds is 4. The first-order chi connectivity index (χ1) is 6.87. The molecule has 1 aliphatic rings. The van der Waals surface area contributed by atoms with Crippen LogP contribution in [0.25, 0.3) is 0 Å². The Balaban J connectivity index is 0.000000583. The van der Waals surface area contributed by atoms with Crippen molar-refractivity contribution in [1.29, 1.82) is 0 Å². The van der Waals surface area contributed by atoms with Crippen molar-refractivity contribution in [3.05, 3.63) is 12.7 Å². The van der Waals surface area contributed by atoms with Gasteiger partial charge in [-0.3, -0.25) is 4.79 Å². The van der Waals surface area contributed by atoms with E-state index in [9.17, 15) is 4.79 Å². The first-order valence-electron chi connectivity index (χ1n) is 5.38. The lowest BCUT2D eigenvalue weighted by Gasteiger charge is -2.14. The van der Waals surface area contributed by atoms with E-state index >= 15 is 0 Å². The van der Waals surface area contributed by atoms with Crippen LogP contribution in [-0.2, 0) is 9.53 Å². The van der Waals surface area contributed by atoms with E-state index in [4.69, 9.17) is 10.5 Å². The molecule has 2 N–H and O–H groups in total. The number of allylic oxidation sites excluding steroid dienone is 1. The molecule has 0 saturated carbocycles. The summed E-state index contributed by atoms with van der Waals surface area (Å²) in [6.07, 6.45) is 2.50. The molecule has 1 aliphatic heterocycles. The number of Topliss-reactive ketones (excluding diaryl/α,β-unsaturated/α-hetero) is 1. The second-order valence-electron chi connectivity index (χ2n) is 4.53. The standard InChI is InChI=1S/C9H17NO2.C3H6/c1-6(2)4-7(10)8(11)9(3)5-12-9;1-3-2/h6-7H,4-5,10H2,1-3H3;3H,1H2,2H3/t7-,9?;/m0./s1. The Labute approximate surface area is 92.7 Å². The quantitative estimate of drug-likeness (QED) is 0.573. The Hall–Kier alpha value is -0.670. The molecular formula is C12H23NO2. The number of epoxide rings is 1. The maximum atomic E-state index is 11.5. The highest BCUT2D eigenvalue weighted by Crippen LogP contribution is 2.28. The Morgan fingerprint density at radius 2 is 2.07 bits per heavy atom. The summed E-state index contributed by atoms with van der Waals surface area (Å²) in [6, 6.07) is -0.350. The lowest BCUT2D eigenvalue weighted by molar-refractivity contribution is -0.125. The third-order valence-electron chi connectivity index (χ3n) is 2.16. The lowest BCUT2D eigenvalue weighted by atomic mass is 9.94. The van der Waals surface area contributed by atoms with E-state index in [0.717, 1.165) is 6.42 Å². The number of hydrogen-bond acceptors (Lipinski definition) is 3. The van der Waals surface area contributed by atoms with Crippen LogP contribution in [0.5, 0.6) is 0 Å². The maximum absolute atomic E-state index is 11.5. The molecule has 0 aromatic carbocycles. The van der Waals surface area contributed by atoms with E-state index in [1.165, 1.54) is 0 Å². The molecule has 3 nitrogen and oxygen atoms in total. The van der Waals surface area contributed by atoms with Crippen LogP contribution in [0.2, 0.25) is 0 Å². The molecule has 1 heterocycles. The fraction of sp³-hybridized carbons (Fsp3) is 0.750. The van der Waals surface area contributed by atoms with Crippen LogP contribution in [0.3, 0.4) is 0 Å². The number of hydrogen-bond donors (Lipinski definition) is 1. The molecule has 0 aromatic rings. The zero-order chi connectivity index (χ0) is 12.1. The molecule has 2 atom stereocenters. The van der Waals surface area contributed by atoms with Gasteiger partial charge in [-0.1, -0.05) is 19.9 Å². The average molecular weight is 213 g/mol. The van der Waals surface area contributed by atoms with Gasteiger partial charge in [0.1, 0.15) is 5.60 Å². The Morgan fingerprint density at radius 3 is 2.33 bits per heavy atom. The van der Waals surface area contributed by atoms with Gasteiger partial charge in [-0.25, -0.2) is 0 Å². The van der Waals surface area contributed by atoms with Crippen LogP contribution in [0.1, 0.15) is 34.1 Å². The van der Waals surface area contributed by atoms with Crippen molar-refractivity contribution in [1.82, 2.24) is 0 Å². The van der Waals surface area contributed by atoms with Crippen molar-refractivity contribution in [3.63, 3.8) is 0 Å². The van der Waals surface area contributed by atoms with E-state index in [2.05, 4.69) is 20.4 Å². The van der Waals surface area contributed by atoms with Crippen molar-refractivity contribution in [3.8, 4) is 0 Å². The average Bonchev–Trinajstić information content (AvgIpc) is 2.84. The summed E-state index contributed by atoms with van der Waals surface area (Å²) in [7, 11) is 0. The van der Waals surface area contributed by atoms with E-state index in [1.54, 1.807) is 13.0 Å². The normalized spacial score (nSPS) is 25.2. The molecule has 15 heavy (non-hydrogen) atoms. The molecule has 0 amide bonds. The SMILES string of the molecule is C=CC.CC(C)C[C@H](N)C(=O)C1(C)CO1. The van der Waals surface area contributed by atoms with Crippen molar-refractivity contribution < 1.29 is 9.53 Å². The summed E-state index contributed by atoms with van der Waals surface area (Å²) in [5.41, 5.74) is 5.17. The Morgan fingerprint density at radius 1 is 1.67 bits per heavy atom. The lowest BCUT2D eigenvalue weighted by Crippen LogP contribution is -2.40. The predicted molar refractivity (Wildman–Crippen MR) is 62.7 cm³/mol. The topological polar surface area (TPSA) is 55.6 Å². The monoisotopic (exact) mass is 213 g/mol. The van der Waals surface area contributed by atoms with Gasteiger partial charge in [0.25, 0.3) is 0 Å². The van der Waals surface area contributed by atoms with Crippen molar-refractivity contribution in [2.45, 2.75) is 45.8 Å². The zero-order valence-electron chi connectivity index (χ0n) is 10.2. The number of carbonyl (C=O) groups is 1. The number of ether oxygens (including phenoxy) is 1. The van der Waals surface area contributed by atoms with Crippen LogP contribution in [-0.4, -0.2) is 24.0 Å². The molecule has 1 fully saturated rings. The van der Waals surface area contributed by atoms with Crippen LogP contribution >= 0.6 is 0 Å². The maximum Gasteiger partial charge on any atom is 0.183 e. The molecule has 0 radical (unpaired) electrons. The molecule has 0 spiro atoms. The minimum Gasteiger partial charge on any atom is -0.362 e. The second kappa shape index (κ2) is 6.03. The number of ketones is 1. The highest BCUT2D eigenvalue weighted by Gasteiger charge is 2.48.